The molecule has 118 valence electrons. The van der Waals surface area contributed by atoms with Crippen LogP contribution in [-0.2, 0) is 11.3 Å². The summed E-state index contributed by atoms with van der Waals surface area (Å²) < 4.78 is 0. The summed E-state index contributed by atoms with van der Waals surface area (Å²) in [5.74, 6) is 0.932. The second-order valence-corrected chi connectivity index (χ2v) is 5.30. The lowest BCUT2D eigenvalue weighted by Crippen LogP contribution is -2.38. The van der Waals surface area contributed by atoms with Gasteiger partial charge < -0.3 is 10.2 Å². The maximum absolute atomic E-state index is 12.1. The van der Waals surface area contributed by atoms with E-state index in [1.54, 1.807) is 0 Å². The van der Waals surface area contributed by atoms with Crippen molar-refractivity contribution in [3.8, 4) is 0 Å². The third kappa shape index (κ3) is 5.52. The predicted octanol–water partition coefficient (Wildman–Crippen LogP) is 2.47. The van der Waals surface area contributed by atoms with Gasteiger partial charge in [0, 0.05) is 26.2 Å². The van der Waals surface area contributed by atoms with Gasteiger partial charge in [0.15, 0.2) is 0 Å². The fourth-order valence-electron chi connectivity index (χ4n) is 2.09. The first-order valence-corrected chi connectivity index (χ1v) is 7.75. The van der Waals surface area contributed by atoms with E-state index < -0.39 is 0 Å². The molecule has 0 atom stereocenters. The Morgan fingerprint density at radius 2 is 1.95 bits per heavy atom. The second-order valence-electron chi connectivity index (χ2n) is 4.89. The van der Waals surface area contributed by atoms with Gasteiger partial charge in [-0.3, -0.25) is 9.69 Å². The summed E-state index contributed by atoms with van der Waals surface area (Å²) in [6, 6.07) is 3.69. The van der Waals surface area contributed by atoms with Gasteiger partial charge in [0.05, 0.1) is 17.3 Å². The Morgan fingerprint density at radius 3 is 2.52 bits per heavy atom. The summed E-state index contributed by atoms with van der Waals surface area (Å²) in [6.07, 6.45) is 0. The highest BCUT2D eigenvalue weighted by atomic mass is 35.5. The summed E-state index contributed by atoms with van der Waals surface area (Å²) in [6.45, 7) is 9.18. The van der Waals surface area contributed by atoms with Crippen LogP contribution in [0.15, 0.2) is 12.1 Å². The Kier molecular flexibility index (Phi) is 7.47. The number of amides is 1. The highest BCUT2D eigenvalue weighted by molar-refractivity contribution is 6.31. The maximum atomic E-state index is 12.1. The lowest BCUT2D eigenvalue weighted by Gasteiger charge is -2.23. The summed E-state index contributed by atoms with van der Waals surface area (Å²) in [5, 5.41) is 3.79. The lowest BCUT2D eigenvalue weighted by atomic mass is 10.3. The van der Waals surface area contributed by atoms with E-state index in [1.807, 2.05) is 49.8 Å². The number of anilines is 1. The van der Waals surface area contributed by atoms with Gasteiger partial charge in [-0.2, -0.15) is 0 Å². The van der Waals surface area contributed by atoms with Crippen molar-refractivity contribution in [3.63, 3.8) is 0 Å². The molecule has 0 fully saturated rings. The molecule has 0 unspecified atom stereocenters. The van der Waals surface area contributed by atoms with E-state index in [0.29, 0.717) is 18.1 Å². The highest BCUT2D eigenvalue weighted by Gasteiger charge is 2.14. The Labute approximate surface area is 132 Å². The number of likely N-dealkylation sites (N-methyl/N-ethyl adjacent to an activating group) is 2. The first-order chi connectivity index (χ1) is 10.0. The molecule has 1 heterocycles. The normalized spacial score (nSPS) is 10.8. The van der Waals surface area contributed by atoms with E-state index in [4.69, 9.17) is 11.6 Å². The number of hydrogen-bond acceptors (Lipinski definition) is 4. The Hall–Kier alpha value is -1.33. The molecule has 0 aliphatic rings. The molecule has 21 heavy (non-hydrogen) atoms. The molecule has 0 aromatic carbocycles. The van der Waals surface area contributed by atoms with E-state index in [9.17, 15) is 4.79 Å². The average molecular weight is 313 g/mol. The van der Waals surface area contributed by atoms with Crippen molar-refractivity contribution in [2.45, 2.75) is 27.3 Å². The maximum Gasteiger partial charge on any atom is 0.236 e. The summed E-state index contributed by atoms with van der Waals surface area (Å²) >= 11 is 6.18. The van der Waals surface area contributed by atoms with Crippen molar-refractivity contribution in [1.29, 1.82) is 0 Å². The minimum absolute atomic E-state index is 0.126. The molecule has 0 bridgehead atoms. The number of carbonyl (C=O) groups is 1. The number of aromatic nitrogens is 1. The van der Waals surface area contributed by atoms with Crippen LogP contribution in [0.2, 0.25) is 5.02 Å². The molecule has 1 amide bonds. The third-order valence-corrected chi connectivity index (χ3v) is 3.56. The molecule has 1 rings (SSSR count). The quantitative estimate of drug-likeness (QED) is 0.801. The largest absolute Gasteiger partial charge is 0.370 e. The van der Waals surface area contributed by atoms with Crippen LogP contribution in [0.5, 0.6) is 0 Å². The molecular formula is C15H25ClN4O. The first-order valence-electron chi connectivity index (χ1n) is 7.37. The van der Waals surface area contributed by atoms with Crippen LogP contribution in [0, 0.1) is 0 Å². The molecule has 0 saturated carbocycles. The van der Waals surface area contributed by atoms with E-state index in [1.165, 1.54) is 0 Å². The fraction of sp³-hybridized carbons (Fsp3) is 0.600. The predicted molar refractivity (Wildman–Crippen MR) is 87.7 cm³/mol. The average Bonchev–Trinajstić information content (AvgIpc) is 2.44. The van der Waals surface area contributed by atoms with Crippen molar-refractivity contribution >= 4 is 23.3 Å². The SMILES string of the molecule is CCNc1ccc(Cl)c(CN(C)CC(=O)N(CC)CC)n1. The van der Waals surface area contributed by atoms with Crippen LogP contribution in [-0.4, -0.2) is 53.9 Å². The van der Waals surface area contributed by atoms with E-state index >= 15 is 0 Å². The molecule has 0 aliphatic heterocycles. The van der Waals surface area contributed by atoms with Crippen molar-refractivity contribution in [2.24, 2.45) is 0 Å². The number of halogens is 1. The standard InChI is InChI=1S/C15H25ClN4O/c1-5-17-14-9-8-12(16)13(18-14)10-19(4)11-15(21)20(6-2)7-3/h8-9H,5-7,10-11H2,1-4H3,(H,17,18). The van der Waals surface area contributed by atoms with Crippen LogP contribution in [0.25, 0.3) is 0 Å². The molecule has 5 nitrogen and oxygen atoms in total. The number of pyridine rings is 1. The van der Waals surface area contributed by atoms with Gasteiger partial charge in [0.1, 0.15) is 5.82 Å². The summed E-state index contributed by atoms with van der Waals surface area (Å²) in [7, 11) is 1.90. The number of rotatable bonds is 8. The smallest absolute Gasteiger partial charge is 0.236 e. The van der Waals surface area contributed by atoms with E-state index in [-0.39, 0.29) is 5.91 Å². The van der Waals surface area contributed by atoms with Gasteiger partial charge in [-0.1, -0.05) is 11.6 Å². The monoisotopic (exact) mass is 312 g/mol. The summed E-state index contributed by atoms with van der Waals surface area (Å²) in [4.78, 5) is 20.3. The molecular weight excluding hydrogens is 288 g/mol. The minimum Gasteiger partial charge on any atom is -0.370 e. The minimum atomic E-state index is 0.126. The van der Waals surface area contributed by atoms with Crippen LogP contribution in [0.1, 0.15) is 26.5 Å². The molecule has 1 aromatic heterocycles. The zero-order chi connectivity index (χ0) is 15.8. The van der Waals surface area contributed by atoms with Crippen LogP contribution in [0.4, 0.5) is 5.82 Å². The third-order valence-electron chi connectivity index (χ3n) is 3.22. The lowest BCUT2D eigenvalue weighted by molar-refractivity contribution is -0.131. The van der Waals surface area contributed by atoms with Gasteiger partial charge in [0.2, 0.25) is 5.91 Å². The van der Waals surface area contributed by atoms with Crippen molar-refractivity contribution in [2.75, 3.05) is 38.5 Å². The van der Waals surface area contributed by atoms with Gasteiger partial charge in [-0.15, -0.1) is 0 Å². The molecule has 1 aromatic rings. The molecule has 6 heteroatoms. The number of hydrogen-bond donors (Lipinski definition) is 1. The zero-order valence-electron chi connectivity index (χ0n) is 13.3. The molecule has 1 N–H and O–H groups in total. The highest BCUT2D eigenvalue weighted by Crippen LogP contribution is 2.18. The van der Waals surface area contributed by atoms with Crippen molar-refractivity contribution < 1.29 is 4.79 Å². The van der Waals surface area contributed by atoms with Gasteiger partial charge in [-0.05, 0) is 40.0 Å². The van der Waals surface area contributed by atoms with Gasteiger partial charge >= 0.3 is 0 Å². The fourth-order valence-corrected chi connectivity index (χ4v) is 2.26. The Morgan fingerprint density at radius 1 is 1.29 bits per heavy atom. The van der Waals surface area contributed by atoms with Crippen molar-refractivity contribution in [3.05, 3.63) is 22.8 Å². The number of nitrogens with one attached hydrogen (secondary N) is 1. The zero-order valence-corrected chi connectivity index (χ0v) is 14.1. The van der Waals surface area contributed by atoms with Gasteiger partial charge in [0.25, 0.3) is 0 Å². The molecule has 0 radical (unpaired) electrons. The van der Waals surface area contributed by atoms with Crippen molar-refractivity contribution in [1.82, 2.24) is 14.8 Å². The second kappa shape index (κ2) is 8.85. The topological polar surface area (TPSA) is 48.5 Å². The molecule has 0 spiro atoms. The summed E-state index contributed by atoms with van der Waals surface area (Å²) in [5.41, 5.74) is 0.782. The first kappa shape index (κ1) is 17.7. The van der Waals surface area contributed by atoms with E-state index in [2.05, 4.69) is 10.3 Å². The number of nitrogens with zero attached hydrogens (tertiary/aromatic N) is 3. The number of carbonyl (C=O) groups excluding carboxylic acids is 1. The molecule has 0 aliphatic carbocycles. The Balaban J connectivity index is 2.67. The van der Waals surface area contributed by atoms with Crippen LogP contribution >= 0.6 is 11.6 Å². The Bertz CT molecular complexity index is 463. The van der Waals surface area contributed by atoms with Crippen LogP contribution < -0.4 is 5.32 Å². The van der Waals surface area contributed by atoms with Crippen LogP contribution in [0.3, 0.4) is 0 Å². The van der Waals surface area contributed by atoms with E-state index in [0.717, 1.165) is 31.1 Å². The molecule has 0 saturated heterocycles. The van der Waals surface area contributed by atoms with Gasteiger partial charge in [-0.25, -0.2) is 4.98 Å².